The maximum atomic E-state index is 10.8. The van der Waals surface area contributed by atoms with E-state index in [0.717, 1.165) is 0 Å². The van der Waals surface area contributed by atoms with Gasteiger partial charge >= 0.3 is 5.97 Å². The van der Waals surface area contributed by atoms with Gasteiger partial charge in [0.2, 0.25) is 0 Å². The number of rotatable bonds is 3. The van der Waals surface area contributed by atoms with Crippen LogP contribution in [0, 0.1) is 0 Å². The molecule has 5 nitrogen and oxygen atoms in total. The zero-order chi connectivity index (χ0) is 9.72. The van der Waals surface area contributed by atoms with Crippen LogP contribution in [-0.4, -0.2) is 48.7 Å². The lowest BCUT2D eigenvalue weighted by Crippen LogP contribution is -2.30. The van der Waals surface area contributed by atoms with Gasteiger partial charge in [0, 0.05) is 14.1 Å². The fourth-order valence-electron chi connectivity index (χ4n) is 0.383. The molecule has 0 aromatic carbocycles. The fraction of sp³-hybridized carbons (Fsp3) is 0.714. The minimum Gasteiger partial charge on any atom is -0.454 e. The summed E-state index contributed by atoms with van der Waals surface area (Å²) in [6.45, 7) is 0.958. The molecule has 1 N–H and O–H groups in total. The Hall–Kier alpha value is -1.10. The number of aliphatic hydroxyl groups excluding tert-OH is 1. The van der Waals surface area contributed by atoms with E-state index in [-0.39, 0.29) is 12.5 Å². The molecular weight excluding hydrogens is 162 g/mol. The third kappa shape index (κ3) is 3.92. The summed E-state index contributed by atoms with van der Waals surface area (Å²) in [5.41, 5.74) is 0. The number of likely N-dealkylation sites (N-methyl/N-ethyl adjacent to an activating group) is 1. The van der Waals surface area contributed by atoms with Crippen LogP contribution in [0.3, 0.4) is 0 Å². The van der Waals surface area contributed by atoms with Crippen molar-refractivity contribution in [2.24, 2.45) is 0 Å². The van der Waals surface area contributed by atoms with Gasteiger partial charge in [-0.2, -0.15) is 0 Å². The number of ether oxygens (including phenoxy) is 1. The maximum absolute atomic E-state index is 10.8. The van der Waals surface area contributed by atoms with Gasteiger partial charge in [-0.1, -0.05) is 0 Å². The highest BCUT2D eigenvalue weighted by Crippen LogP contribution is 1.88. The minimum atomic E-state index is -1.18. The highest BCUT2D eigenvalue weighted by atomic mass is 16.5. The molecule has 1 atom stereocenters. The number of carbonyl (C=O) groups excluding carboxylic acids is 2. The van der Waals surface area contributed by atoms with Crippen LogP contribution >= 0.6 is 0 Å². The summed E-state index contributed by atoms with van der Waals surface area (Å²) in [6.07, 6.45) is -1.18. The smallest absolute Gasteiger partial charge is 0.335 e. The SMILES string of the molecule is CC(O)C(=O)OCC(=O)N(C)C. The van der Waals surface area contributed by atoms with Crippen LogP contribution in [-0.2, 0) is 14.3 Å². The molecule has 0 saturated carbocycles. The molecule has 0 saturated heterocycles. The van der Waals surface area contributed by atoms with Crippen molar-refractivity contribution in [3.63, 3.8) is 0 Å². The molecule has 1 unspecified atom stereocenters. The van der Waals surface area contributed by atoms with E-state index >= 15 is 0 Å². The first-order valence-corrected chi connectivity index (χ1v) is 3.50. The van der Waals surface area contributed by atoms with Crippen molar-refractivity contribution in [3.8, 4) is 0 Å². The maximum Gasteiger partial charge on any atom is 0.335 e. The molecule has 1 amide bonds. The average Bonchev–Trinajstić information content (AvgIpc) is 1.98. The summed E-state index contributed by atoms with van der Waals surface area (Å²) in [5.74, 6) is -1.10. The molecule has 0 aliphatic heterocycles. The molecule has 12 heavy (non-hydrogen) atoms. The van der Waals surface area contributed by atoms with Crippen molar-refractivity contribution in [2.45, 2.75) is 13.0 Å². The molecule has 0 aromatic heterocycles. The molecule has 0 heterocycles. The molecule has 0 spiro atoms. The van der Waals surface area contributed by atoms with Gasteiger partial charge in [0.15, 0.2) is 6.61 Å². The topological polar surface area (TPSA) is 66.8 Å². The summed E-state index contributed by atoms with van der Waals surface area (Å²) >= 11 is 0. The first kappa shape index (κ1) is 10.9. The molecule has 0 bridgehead atoms. The van der Waals surface area contributed by atoms with Crippen LogP contribution in [0.5, 0.6) is 0 Å². The Morgan fingerprint density at radius 3 is 2.33 bits per heavy atom. The third-order valence-corrected chi connectivity index (χ3v) is 1.18. The van der Waals surface area contributed by atoms with Crippen LogP contribution in [0.2, 0.25) is 0 Å². The Morgan fingerprint density at radius 1 is 1.50 bits per heavy atom. The predicted molar refractivity (Wildman–Crippen MR) is 41.3 cm³/mol. The molecule has 0 aliphatic carbocycles. The van der Waals surface area contributed by atoms with Gasteiger partial charge in [-0.15, -0.1) is 0 Å². The summed E-state index contributed by atoms with van der Waals surface area (Å²) in [6, 6.07) is 0. The number of aliphatic hydroxyl groups is 1. The Bertz CT molecular complexity index is 156. The number of esters is 1. The number of nitrogens with zero attached hydrogens (tertiary/aromatic N) is 1. The van der Waals surface area contributed by atoms with Gasteiger partial charge in [-0.25, -0.2) is 4.79 Å². The van der Waals surface area contributed by atoms with E-state index in [1.54, 1.807) is 14.1 Å². The standard InChI is InChI=1S/C7H13NO4/c1-5(9)7(11)12-4-6(10)8(2)3/h5,9H,4H2,1-3H3. The minimum absolute atomic E-state index is 0.316. The highest BCUT2D eigenvalue weighted by Gasteiger charge is 2.12. The lowest BCUT2D eigenvalue weighted by Gasteiger charge is -2.10. The van der Waals surface area contributed by atoms with Gasteiger partial charge in [0.25, 0.3) is 5.91 Å². The Balaban J connectivity index is 3.69. The van der Waals surface area contributed by atoms with Gasteiger partial charge < -0.3 is 14.7 Å². The van der Waals surface area contributed by atoms with Gasteiger partial charge in [0.1, 0.15) is 6.10 Å². The number of amides is 1. The summed E-state index contributed by atoms with van der Waals surface area (Å²) in [7, 11) is 3.11. The zero-order valence-corrected chi connectivity index (χ0v) is 7.40. The molecule has 0 fully saturated rings. The molecule has 0 radical (unpaired) electrons. The Morgan fingerprint density at radius 2 is 2.00 bits per heavy atom. The van der Waals surface area contributed by atoms with Crippen molar-refractivity contribution in [1.29, 1.82) is 0 Å². The molecule has 0 aromatic rings. The van der Waals surface area contributed by atoms with E-state index in [9.17, 15) is 9.59 Å². The second kappa shape index (κ2) is 4.71. The monoisotopic (exact) mass is 175 g/mol. The first-order valence-electron chi connectivity index (χ1n) is 3.50. The summed E-state index contributed by atoms with van der Waals surface area (Å²) < 4.78 is 4.45. The van der Waals surface area contributed by atoms with Crippen molar-refractivity contribution in [3.05, 3.63) is 0 Å². The van der Waals surface area contributed by atoms with Crippen LogP contribution in [0.4, 0.5) is 0 Å². The van der Waals surface area contributed by atoms with Crippen LogP contribution < -0.4 is 0 Å². The van der Waals surface area contributed by atoms with Crippen molar-refractivity contribution in [1.82, 2.24) is 4.90 Å². The van der Waals surface area contributed by atoms with E-state index in [4.69, 9.17) is 5.11 Å². The van der Waals surface area contributed by atoms with E-state index < -0.39 is 12.1 Å². The van der Waals surface area contributed by atoms with Crippen LogP contribution in [0.25, 0.3) is 0 Å². The molecule has 70 valence electrons. The van der Waals surface area contributed by atoms with Crippen molar-refractivity contribution < 1.29 is 19.4 Å². The van der Waals surface area contributed by atoms with E-state index in [0.29, 0.717) is 0 Å². The molecule has 5 heteroatoms. The first-order chi connectivity index (χ1) is 5.45. The lowest BCUT2D eigenvalue weighted by atomic mass is 10.4. The zero-order valence-electron chi connectivity index (χ0n) is 7.40. The predicted octanol–water partition coefficient (Wildman–Crippen LogP) is -1.00. The van der Waals surface area contributed by atoms with Crippen LogP contribution in [0.1, 0.15) is 6.92 Å². The Labute approximate surface area is 70.9 Å². The highest BCUT2D eigenvalue weighted by molar-refractivity contribution is 5.81. The van der Waals surface area contributed by atoms with Gasteiger partial charge in [-0.3, -0.25) is 4.79 Å². The number of carbonyl (C=O) groups is 2. The summed E-state index contributed by atoms with van der Waals surface area (Å²) in [5, 5.41) is 8.67. The average molecular weight is 175 g/mol. The molecular formula is C7H13NO4. The quantitative estimate of drug-likeness (QED) is 0.558. The third-order valence-electron chi connectivity index (χ3n) is 1.18. The summed E-state index contributed by atoms with van der Waals surface area (Å²) in [4.78, 5) is 22.8. The van der Waals surface area contributed by atoms with Crippen molar-refractivity contribution in [2.75, 3.05) is 20.7 Å². The molecule has 0 rings (SSSR count). The fourth-order valence-corrected chi connectivity index (χ4v) is 0.383. The van der Waals surface area contributed by atoms with Gasteiger partial charge in [0.05, 0.1) is 0 Å². The van der Waals surface area contributed by atoms with Crippen LogP contribution in [0.15, 0.2) is 0 Å². The van der Waals surface area contributed by atoms with E-state index in [1.165, 1.54) is 11.8 Å². The normalized spacial score (nSPS) is 12.0. The number of hydrogen-bond donors (Lipinski definition) is 1. The number of hydrogen-bond acceptors (Lipinski definition) is 4. The Kier molecular flexibility index (Phi) is 4.28. The van der Waals surface area contributed by atoms with Gasteiger partial charge in [-0.05, 0) is 6.92 Å². The molecule has 0 aliphatic rings. The second-order valence-electron chi connectivity index (χ2n) is 2.57. The van der Waals surface area contributed by atoms with E-state index in [1.807, 2.05) is 0 Å². The lowest BCUT2D eigenvalue weighted by molar-refractivity contribution is -0.157. The second-order valence-corrected chi connectivity index (χ2v) is 2.57. The largest absolute Gasteiger partial charge is 0.454 e. The van der Waals surface area contributed by atoms with Crippen molar-refractivity contribution >= 4 is 11.9 Å². The van der Waals surface area contributed by atoms with E-state index in [2.05, 4.69) is 4.74 Å².